The van der Waals surface area contributed by atoms with E-state index in [0.717, 1.165) is 13.1 Å². The third kappa shape index (κ3) is 8.87. The molecule has 1 rings (SSSR count). The monoisotopic (exact) mass is 388 g/mol. The molecular weight excluding hydrogens is 361 g/mol. The molecule has 1 aromatic carbocycles. The molecule has 0 radical (unpaired) electrons. The fraction of sp³-hybridized carbons (Fsp3) is 0.556. The third-order valence-corrected chi connectivity index (χ3v) is 4.17. The molecule has 0 fully saturated rings. The molecule has 0 spiro atoms. The molecule has 1 aromatic rings. The summed E-state index contributed by atoms with van der Waals surface area (Å²) in [5, 5.41) is 2.56. The van der Waals surface area contributed by atoms with E-state index in [4.69, 9.17) is 5.73 Å². The van der Waals surface area contributed by atoms with Gasteiger partial charge in [-0.2, -0.15) is 13.2 Å². The number of rotatable bonds is 11. The Morgan fingerprint density at radius 3 is 2.19 bits per heavy atom. The van der Waals surface area contributed by atoms with Crippen LogP contribution in [0, 0.1) is 0 Å². The number of nitrogens with zero attached hydrogens (tertiary/aromatic N) is 2. The van der Waals surface area contributed by atoms with Crippen molar-refractivity contribution in [1.29, 1.82) is 0 Å². The summed E-state index contributed by atoms with van der Waals surface area (Å²) >= 11 is 0. The summed E-state index contributed by atoms with van der Waals surface area (Å²) in [6, 6.07) is 6.23. The maximum absolute atomic E-state index is 12.6. The first kappa shape index (κ1) is 22.9. The van der Waals surface area contributed by atoms with Gasteiger partial charge in [0, 0.05) is 19.6 Å². The van der Waals surface area contributed by atoms with Crippen LogP contribution in [0.4, 0.5) is 18.9 Å². The molecule has 0 bridgehead atoms. The largest absolute Gasteiger partial charge is 0.390 e. The Morgan fingerprint density at radius 2 is 1.63 bits per heavy atom. The quantitative estimate of drug-likeness (QED) is 0.610. The second kappa shape index (κ2) is 10.9. The lowest BCUT2D eigenvalue weighted by Crippen LogP contribution is -2.41. The highest BCUT2D eigenvalue weighted by Gasteiger charge is 2.28. The van der Waals surface area contributed by atoms with Gasteiger partial charge in [-0.1, -0.05) is 26.0 Å². The Morgan fingerprint density at radius 1 is 1.04 bits per heavy atom. The minimum absolute atomic E-state index is 0.149. The van der Waals surface area contributed by atoms with E-state index in [1.54, 1.807) is 12.1 Å². The standard InChI is InChI=1S/C18H27F3N4O2/c1-3-24(4-2)11-12-25(10-9-18(19,20)21)13-16(26)23-15-8-6-5-7-14(15)17(22)27/h5-8H,3-4,9-13H2,1-2H3,(H2,22,27)(H,23,26). The molecule has 2 amide bonds. The molecule has 0 aliphatic heterocycles. The number of para-hydroxylation sites is 1. The molecule has 0 aromatic heterocycles. The van der Waals surface area contributed by atoms with Crippen LogP contribution in [0.3, 0.4) is 0 Å². The molecule has 0 saturated carbocycles. The zero-order valence-corrected chi connectivity index (χ0v) is 15.7. The lowest BCUT2D eigenvalue weighted by atomic mass is 10.1. The Labute approximate surface area is 157 Å². The molecule has 0 aliphatic carbocycles. The Bertz CT molecular complexity index is 619. The molecule has 9 heteroatoms. The van der Waals surface area contributed by atoms with E-state index < -0.39 is 24.4 Å². The van der Waals surface area contributed by atoms with Crippen molar-refractivity contribution in [3.05, 3.63) is 29.8 Å². The van der Waals surface area contributed by atoms with Crippen LogP contribution in [0.25, 0.3) is 0 Å². The Balaban J connectivity index is 2.75. The highest BCUT2D eigenvalue weighted by atomic mass is 19.4. The van der Waals surface area contributed by atoms with Crippen molar-refractivity contribution < 1.29 is 22.8 Å². The number of hydrogen-bond donors (Lipinski definition) is 2. The molecule has 0 atom stereocenters. The van der Waals surface area contributed by atoms with Gasteiger partial charge in [-0.05, 0) is 25.2 Å². The van der Waals surface area contributed by atoms with Gasteiger partial charge in [0.25, 0.3) is 5.91 Å². The number of nitrogens with two attached hydrogens (primary N) is 1. The normalized spacial score (nSPS) is 11.8. The first-order chi connectivity index (χ1) is 12.7. The van der Waals surface area contributed by atoms with Gasteiger partial charge >= 0.3 is 6.18 Å². The minimum Gasteiger partial charge on any atom is -0.366 e. The molecule has 3 N–H and O–H groups in total. The fourth-order valence-corrected chi connectivity index (χ4v) is 2.58. The van der Waals surface area contributed by atoms with Crippen LogP contribution in [-0.2, 0) is 4.79 Å². The van der Waals surface area contributed by atoms with E-state index in [0.29, 0.717) is 13.1 Å². The topological polar surface area (TPSA) is 78.7 Å². The van der Waals surface area contributed by atoms with E-state index in [2.05, 4.69) is 10.2 Å². The van der Waals surface area contributed by atoms with Crippen molar-refractivity contribution in [2.75, 3.05) is 44.6 Å². The number of benzene rings is 1. The number of halogens is 3. The van der Waals surface area contributed by atoms with E-state index in [1.807, 2.05) is 13.8 Å². The van der Waals surface area contributed by atoms with Gasteiger partial charge in [-0.15, -0.1) is 0 Å². The third-order valence-electron chi connectivity index (χ3n) is 4.17. The number of primary amides is 1. The number of likely N-dealkylation sites (N-methyl/N-ethyl adjacent to an activating group) is 1. The number of alkyl halides is 3. The number of amides is 2. The Kier molecular flexibility index (Phi) is 9.23. The molecule has 0 aliphatic rings. The lowest BCUT2D eigenvalue weighted by Gasteiger charge is -2.26. The maximum Gasteiger partial charge on any atom is 0.390 e. The summed E-state index contributed by atoms with van der Waals surface area (Å²) in [5.74, 6) is -1.19. The van der Waals surface area contributed by atoms with Crippen LogP contribution in [0.5, 0.6) is 0 Å². The summed E-state index contributed by atoms with van der Waals surface area (Å²) in [5.41, 5.74) is 5.66. The molecular formula is C18H27F3N4O2. The number of carbonyl (C=O) groups excluding carboxylic acids is 2. The fourth-order valence-electron chi connectivity index (χ4n) is 2.58. The van der Waals surface area contributed by atoms with Crippen molar-refractivity contribution in [2.24, 2.45) is 5.73 Å². The smallest absolute Gasteiger partial charge is 0.366 e. The van der Waals surface area contributed by atoms with Crippen LogP contribution in [0.2, 0.25) is 0 Å². The predicted octanol–water partition coefficient (Wildman–Crippen LogP) is 2.32. The van der Waals surface area contributed by atoms with Crippen LogP contribution in [0.15, 0.2) is 24.3 Å². The molecule has 0 heterocycles. The van der Waals surface area contributed by atoms with E-state index in [9.17, 15) is 22.8 Å². The van der Waals surface area contributed by atoms with Crippen molar-refractivity contribution >= 4 is 17.5 Å². The SMILES string of the molecule is CCN(CC)CCN(CCC(F)(F)F)CC(=O)Nc1ccccc1C(N)=O. The van der Waals surface area contributed by atoms with Gasteiger partial charge in [0.1, 0.15) is 0 Å². The summed E-state index contributed by atoms with van der Waals surface area (Å²) in [4.78, 5) is 27.3. The second-order valence-corrected chi connectivity index (χ2v) is 6.13. The lowest BCUT2D eigenvalue weighted by molar-refractivity contribution is -0.139. The van der Waals surface area contributed by atoms with Gasteiger partial charge in [-0.3, -0.25) is 14.5 Å². The molecule has 152 valence electrons. The Hall–Kier alpha value is -2.13. The molecule has 0 saturated heterocycles. The minimum atomic E-state index is -4.29. The van der Waals surface area contributed by atoms with Crippen molar-refractivity contribution in [2.45, 2.75) is 26.4 Å². The zero-order valence-electron chi connectivity index (χ0n) is 15.7. The van der Waals surface area contributed by atoms with Gasteiger partial charge in [0.15, 0.2) is 0 Å². The first-order valence-corrected chi connectivity index (χ1v) is 8.86. The highest BCUT2D eigenvalue weighted by molar-refractivity contribution is 6.03. The number of carbonyl (C=O) groups is 2. The van der Waals surface area contributed by atoms with Crippen molar-refractivity contribution in [1.82, 2.24) is 9.80 Å². The van der Waals surface area contributed by atoms with Gasteiger partial charge < -0.3 is 16.0 Å². The summed E-state index contributed by atoms with van der Waals surface area (Å²) in [6.07, 6.45) is -5.28. The van der Waals surface area contributed by atoms with Crippen molar-refractivity contribution in [3.63, 3.8) is 0 Å². The first-order valence-electron chi connectivity index (χ1n) is 8.86. The average Bonchev–Trinajstić information content (AvgIpc) is 2.59. The van der Waals surface area contributed by atoms with E-state index >= 15 is 0 Å². The van der Waals surface area contributed by atoms with Crippen LogP contribution in [-0.4, -0.2) is 67.1 Å². The van der Waals surface area contributed by atoms with Crippen LogP contribution in [0.1, 0.15) is 30.6 Å². The van der Waals surface area contributed by atoms with Gasteiger partial charge in [-0.25, -0.2) is 0 Å². The van der Waals surface area contributed by atoms with E-state index in [-0.39, 0.29) is 24.3 Å². The van der Waals surface area contributed by atoms with E-state index in [1.165, 1.54) is 17.0 Å². The number of hydrogen-bond acceptors (Lipinski definition) is 4. The number of anilines is 1. The average molecular weight is 388 g/mol. The second-order valence-electron chi connectivity index (χ2n) is 6.13. The predicted molar refractivity (Wildman–Crippen MR) is 98.5 cm³/mol. The van der Waals surface area contributed by atoms with Gasteiger partial charge in [0.2, 0.25) is 5.91 Å². The van der Waals surface area contributed by atoms with Crippen molar-refractivity contribution in [3.8, 4) is 0 Å². The maximum atomic E-state index is 12.6. The molecule has 0 unspecified atom stereocenters. The number of nitrogens with one attached hydrogen (secondary N) is 1. The molecule has 27 heavy (non-hydrogen) atoms. The van der Waals surface area contributed by atoms with Crippen LogP contribution < -0.4 is 11.1 Å². The zero-order chi connectivity index (χ0) is 20.4. The summed E-state index contributed by atoms with van der Waals surface area (Å²) < 4.78 is 37.8. The molecule has 6 nitrogen and oxygen atoms in total. The van der Waals surface area contributed by atoms with Gasteiger partial charge in [0.05, 0.1) is 24.2 Å². The van der Waals surface area contributed by atoms with Crippen LogP contribution >= 0.6 is 0 Å². The summed E-state index contributed by atoms with van der Waals surface area (Å²) in [7, 11) is 0. The summed E-state index contributed by atoms with van der Waals surface area (Å²) in [6.45, 7) is 5.93. The highest BCUT2D eigenvalue weighted by Crippen LogP contribution is 2.20.